The summed E-state index contributed by atoms with van der Waals surface area (Å²) in [7, 11) is 0. The Labute approximate surface area is 155 Å². The van der Waals surface area contributed by atoms with Crippen LogP contribution in [0.25, 0.3) is 0 Å². The van der Waals surface area contributed by atoms with E-state index in [-0.39, 0.29) is 0 Å². The van der Waals surface area contributed by atoms with Crippen LogP contribution in [-0.4, -0.2) is 65.2 Å². The highest BCUT2D eigenvalue weighted by atomic mass is 15.3. The number of piperidine rings is 1. The second kappa shape index (κ2) is 7.58. The highest BCUT2D eigenvalue weighted by Crippen LogP contribution is 2.23. The molecule has 6 nitrogen and oxygen atoms in total. The average Bonchev–Trinajstić information content (AvgIpc) is 2.68. The van der Waals surface area contributed by atoms with E-state index < -0.39 is 0 Å². The van der Waals surface area contributed by atoms with E-state index in [1.165, 1.54) is 18.5 Å². The number of anilines is 2. The molecule has 0 aliphatic carbocycles. The molecule has 0 bridgehead atoms. The van der Waals surface area contributed by atoms with E-state index in [1.807, 2.05) is 38.4 Å². The first-order valence-corrected chi connectivity index (χ1v) is 9.65. The Morgan fingerprint density at radius 2 is 1.58 bits per heavy atom. The van der Waals surface area contributed by atoms with Gasteiger partial charge in [0.25, 0.3) is 0 Å². The topological polar surface area (TPSA) is 48.4 Å². The lowest BCUT2D eigenvalue weighted by Crippen LogP contribution is -2.53. The Morgan fingerprint density at radius 1 is 0.885 bits per heavy atom. The van der Waals surface area contributed by atoms with Crippen LogP contribution in [0.4, 0.5) is 11.6 Å². The predicted molar refractivity (Wildman–Crippen MR) is 105 cm³/mol. The fourth-order valence-corrected chi connectivity index (χ4v) is 4.17. The van der Waals surface area contributed by atoms with Crippen molar-refractivity contribution in [3.8, 4) is 0 Å². The average molecular weight is 352 g/mol. The van der Waals surface area contributed by atoms with Crippen LogP contribution in [0.15, 0.2) is 30.6 Å². The Bertz CT molecular complexity index is 698. The Kier molecular flexibility index (Phi) is 5.02. The highest BCUT2D eigenvalue weighted by molar-refractivity contribution is 5.44. The quantitative estimate of drug-likeness (QED) is 0.845. The molecule has 0 unspecified atom stereocenters. The molecule has 4 rings (SSSR count). The Hall–Kier alpha value is -2.21. The summed E-state index contributed by atoms with van der Waals surface area (Å²) in [5.41, 5.74) is 3.36. The van der Waals surface area contributed by atoms with Gasteiger partial charge in [-0.2, -0.15) is 0 Å². The lowest BCUT2D eigenvalue weighted by atomic mass is 10.0. The molecule has 138 valence electrons. The molecule has 0 aromatic carbocycles. The van der Waals surface area contributed by atoms with Gasteiger partial charge < -0.3 is 9.80 Å². The van der Waals surface area contributed by atoms with Crippen molar-refractivity contribution < 1.29 is 0 Å². The van der Waals surface area contributed by atoms with Gasteiger partial charge in [-0.1, -0.05) is 0 Å². The van der Waals surface area contributed by atoms with Crippen molar-refractivity contribution in [3.63, 3.8) is 0 Å². The predicted octanol–water partition coefficient (Wildman–Crippen LogP) is 2.28. The van der Waals surface area contributed by atoms with E-state index in [4.69, 9.17) is 0 Å². The molecule has 4 heterocycles. The van der Waals surface area contributed by atoms with E-state index in [0.29, 0.717) is 6.04 Å². The molecule has 0 N–H and O–H groups in total. The van der Waals surface area contributed by atoms with Crippen molar-refractivity contribution in [2.24, 2.45) is 0 Å². The largest absolute Gasteiger partial charge is 0.368 e. The molecule has 2 aromatic heterocycles. The van der Waals surface area contributed by atoms with Gasteiger partial charge in [-0.05, 0) is 44.9 Å². The van der Waals surface area contributed by atoms with E-state index in [2.05, 4.69) is 35.7 Å². The summed E-state index contributed by atoms with van der Waals surface area (Å²) in [6.07, 6.45) is 6.21. The molecular weight excluding hydrogens is 324 g/mol. The van der Waals surface area contributed by atoms with Crippen molar-refractivity contribution in [2.75, 3.05) is 49.1 Å². The summed E-state index contributed by atoms with van der Waals surface area (Å²) in [5, 5.41) is 0. The number of rotatable bonds is 3. The number of piperazine rings is 1. The van der Waals surface area contributed by atoms with Crippen LogP contribution in [0.5, 0.6) is 0 Å². The van der Waals surface area contributed by atoms with E-state index in [0.717, 1.165) is 56.6 Å². The molecule has 0 amide bonds. The maximum Gasteiger partial charge on any atom is 0.225 e. The van der Waals surface area contributed by atoms with Crippen LogP contribution in [-0.2, 0) is 0 Å². The van der Waals surface area contributed by atoms with E-state index >= 15 is 0 Å². The molecule has 0 saturated carbocycles. The van der Waals surface area contributed by atoms with Crippen molar-refractivity contribution in [1.29, 1.82) is 0 Å². The third-order valence-corrected chi connectivity index (χ3v) is 5.56. The Balaban J connectivity index is 1.30. The molecular formula is C20H28N6. The van der Waals surface area contributed by atoms with Crippen molar-refractivity contribution in [3.05, 3.63) is 42.0 Å². The van der Waals surface area contributed by atoms with Gasteiger partial charge in [0.1, 0.15) is 0 Å². The van der Waals surface area contributed by atoms with Gasteiger partial charge in [0.2, 0.25) is 5.95 Å². The highest BCUT2D eigenvalue weighted by Gasteiger charge is 2.28. The molecule has 0 spiro atoms. The minimum atomic E-state index is 0.688. The summed E-state index contributed by atoms with van der Waals surface area (Å²) in [4.78, 5) is 21.0. The fourth-order valence-electron chi connectivity index (χ4n) is 4.17. The molecule has 2 aliphatic heterocycles. The van der Waals surface area contributed by atoms with Gasteiger partial charge in [0.15, 0.2) is 0 Å². The van der Waals surface area contributed by atoms with Crippen molar-refractivity contribution >= 4 is 11.6 Å². The molecule has 26 heavy (non-hydrogen) atoms. The monoisotopic (exact) mass is 352 g/mol. The lowest BCUT2D eigenvalue weighted by Gasteiger charge is -2.43. The number of nitrogens with zero attached hydrogens (tertiary/aromatic N) is 6. The van der Waals surface area contributed by atoms with Crippen LogP contribution in [0.3, 0.4) is 0 Å². The number of aryl methyl sites for hydroxylation is 2. The minimum absolute atomic E-state index is 0.688. The van der Waals surface area contributed by atoms with Crippen molar-refractivity contribution in [1.82, 2.24) is 19.9 Å². The first-order valence-electron chi connectivity index (χ1n) is 9.65. The van der Waals surface area contributed by atoms with E-state index in [1.54, 1.807) is 0 Å². The molecule has 2 fully saturated rings. The second-order valence-electron chi connectivity index (χ2n) is 7.40. The van der Waals surface area contributed by atoms with E-state index in [9.17, 15) is 0 Å². The van der Waals surface area contributed by atoms with Crippen molar-refractivity contribution in [2.45, 2.75) is 32.7 Å². The number of aromatic nitrogens is 3. The van der Waals surface area contributed by atoms with Crippen LogP contribution in [0.2, 0.25) is 0 Å². The SMILES string of the molecule is Cc1cc(C)nc(N2CCC(N3CCN(c4cccnc4)CC3)CC2)n1. The summed E-state index contributed by atoms with van der Waals surface area (Å²) in [5.74, 6) is 0.905. The van der Waals surface area contributed by atoms with Crippen LogP contribution < -0.4 is 9.80 Å². The molecule has 2 aromatic rings. The smallest absolute Gasteiger partial charge is 0.225 e. The third-order valence-electron chi connectivity index (χ3n) is 5.56. The van der Waals surface area contributed by atoms with Crippen LogP contribution >= 0.6 is 0 Å². The maximum atomic E-state index is 4.63. The van der Waals surface area contributed by atoms with Gasteiger partial charge in [-0.25, -0.2) is 9.97 Å². The summed E-state index contributed by atoms with van der Waals surface area (Å²) >= 11 is 0. The molecule has 0 radical (unpaired) electrons. The molecule has 6 heteroatoms. The maximum absolute atomic E-state index is 4.63. The standard InChI is InChI=1S/C20H28N6/c1-16-14-17(2)23-20(22-16)26-8-5-18(6-9-26)24-10-12-25(13-11-24)19-4-3-7-21-15-19/h3-4,7,14-15,18H,5-6,8-13H2,1-2H3. The lowest BCUT2D eigenvalue weighted by molar-refractivity contribution is 0.159. The molecule has 0 atom stereocenters. The third kappa shape index (κ3) is 3.80. The zero-order chi connectivity index (χ0) is 17.9. The summed E-state index contributed by atoms with van der Waals surface area (Å²) in [6.45, 7) is 10.7. The summed E-state index contributed by atoms with van der Waals surface area (Å²) in [6, 6.07) is 6.91. The molecule has 2 saturated heterocycles. The van der Waals surface area contributed by atoms with Gasteiger partial charge in [-0.3, -0.25) is 9.88 Å². The zero-order valence-corrected chi connectivity index (χ0v) is 15.8. The van der Waals surface area contributed by atoms with Gasteiger partial charge >= 0.3 is 0 Å². The Morgan fingerprint density at radius 3 is 2.19 bits per heavy atom. The number of hydrogen-bond donors (Lipinski definition) is 0. The summed E-state index contributed by atoms with van der Waals surface area (Å²) < 4.78 is 0. The second-order valence-corrected chi connectivity index (χ2v) is 7.40. The fraction of sp³-hybridized carbons (Fsp3) is 0.550. The molecule has 2 aliphatic rings. The normalized spacial score (nSPS) is 19.8. The van der Waals surface area contributed by atoms with Gasteiger partial charge in [-0.15, -0.1) is 0 Å². The van der Waals surface area contributed by atoms with Crippen LogP contribution in [0, 0.1) is 13.8 Å². The zero-order valence-electron chi connectivity index (χ0n) is 15.8. The van der Waals surface area contributed by atoms with Crippen LogP contribution in [0.1, 0.15) is 24.2 Å². The van der Waals surface area contributed by atoms with Gasteiger partial charge in [0, 0.05) is 62.9 Å². The first-order chi connectivity index (χ1) is 12.7. The van der Waals surface area contributed by atoms with Gasteiger partial charge in [0.05, 0.1) is 11.9 Å². The minimum Gasteiger partial charge on any atom is -0.368 e. The first kappa shape index (κ1) is 17.2. The number of pyridine rings is 1. The number of hydrogen-bond acceptors (Lipinski definition) is 6.